The van der Waals surface area contributed by atoms with Crippen LogP contribution < -0.4 is 10.2 Å². The summed E-state index contributed by atoms with van der Waals surface area (Å²) in [6.45, 7) is 6.40. The van der Waals surface area contributed by atoms with Crippen molar-refractivity contribution in [3.8, 4) is 0 Å². The van der Waals surface area contributed by atoms with Crippen molar-refractivity contribution in [3.63, 3.8) is 0 Å². The number of hydrogen-bond donors (Lipinski definition) is 1. The Labute approximate surface area is 121 Å². The Morgan fingerprint density at radius 3 is 2.65 bits per heavy atom. The summed E-state index contributed by atoms with van der Waals surface area (Å²) in [5.41, 5.74) is -0.181. The third-order valence-electron chi connectivity index (χ3n) is 3.64. The van der Waals surface area contributed by atoms with Crippen LogP contribution in [0.15, 0.2) is 18.2 Å². The average molecular weight is 307 g/mol. The van der Waals surface area contributed by atoms with E-state index in [0.29, 0.717) is 18.2 Å². The van der Waals surface area contributed by atoms with E-state index in [1.807, 2.05) is 4.90 Å². The Balaban J connectivity index is 2.36. The van der Waals surface area contributed by atoms with Gasteiger partial charge < -0.3 is 10.2 Å². The van der Waals surface area contributed by atoms with Crippen LogP contribution in [0.4, 0.5) is 18.9 Å². The molecule has 1 saturated heterocycles. The molecule has 0 radical (unpaired) electrons. The highest BCUT2D eigenvalue weighted by atomic mass is 35.5. The minimum Gasteiger partial charge on any atom is -0.366 e. The lowest BCUT2D eigenvalue weighted by molar-refractivity contribution is -0.137. The first-order chi connectivity index (χ1) is 9.30. The lowest BCUT2D eigenvalue weighted by Gasteiger charge is -2.40. The second-order valence-electron chi connectivity index (χ2n) is 5.37. The molecule has 1 N–H and O–H groups in total. The van der Waals surface area contributed by atoms with E-state index < -0.39 is 11.7 Å². The van der Waals surface area contributed by atoms with Crippen molar-refractivity contribution < 1.29 is 13.2 Å². The fourth-order valence-electron chi connectivity index (χ4n) is 2.55. The van der Waals surface area contributed by atoms with Crippen LogP contribution in [-0.4, -0.2) is 25.7 Å². The van der Waals surface area contributed by atoms with E-state index in [4.69, 9.17) is 11.6 Å². The summed E-state index contributed by atoms with van der Waals surface area (Å²) in [7, 11) is 0. The summed E-state index contributed by atoms with van der Waals surface area (Å²) in [6.07, 6.45) is -4.42. The van der Waals surface area contributed by atoms with Gasteiger partial charge in [-0.1, -0.05) is 25.4 Å². The van der Waals surface area contributed by atoms with E-state index in [-0.39, 0.29) is 11.1 Å². The third kappa shape index (κ3) is 3.20. The standard InChI is InChI=1S/C14H18ClF3N2/c1-9(2)13-8-19-5-6-20(13)10-3-4-12(15)11(7-10)14(16,17)18/h3-4,7,9,13,19H,5-6,8H2,1-2H3. The summed E-state index contributed by atoms with van der Waals surface area (Å²) in [4.78, 5) is 2.03. The molecule has 1 atom stereocenters. The van der Waals surface area contributed by atoms with Crippen molar-refractivity contribution in [2.75, 3.05) is 24.5 Å². The molecule has 1 aromatic rings. The SMILES string of the molecule is CC(C)C1CNCCN1c1ccc(Cl)c(C(F)(F)F)c1. The fraction of sp³-hybridized carbons (Fsp3) is 0.571. The van der Waals surface area contributed by atoms with Crippen LogP contribution in [0.2, 0.25) is 5.02 Å². The first kappa shape index (κ1) is 15.4. The molecule has 0 saturated carbocycles. The molecule has 1 unspecified atom stereocenters. The number of benzene rings is 1. The normalized spacial score (nSPS) is 20.6. The molecule has 0 bridgehead atoms. The molecule has 1 aliphatic rings. The minimum absolute atomic E-state index is 0.186. The molecule has 0 aromatic heterocycles. The number of nitrogens with one attached hydrogen (secondary N) is 1. The first-order valence-corrected chi connectivity index (χ1v) is 7.02. The van der Waals surface area contributed by atoms with Crippen LogP contribution in [0.25, 0.3) is 0 Å². The summed E-state index contributed by atoms with van der Waals surface area (Å²) >= 11 is 5.67. The number of anilines is 1. The monoisotopic (exact) mass is 306 g/mol. The van der Waals surface area contributed by atoms with Gasteiger partial charge in [0.05, 0.1) is 10.6 Å². The van der Waals surface area contributed by atoms with E-state index in [1.54, 1.807) is 6.07 Å². The lowest BCUT2D eigenvalue weighted by atomic mass is 9.99. The maximum Gasteiger partial charge on any atom is 0.417 e. The van der Waals surface area contributed by atoms with Gasteiger partial charge in [0.1, 0.15) is 0 Å². The third-order valence-corrected chi connectivity index (χ3v) is 3.97. The Morgan fingerprint density at radius 1 is 1.35 bits per heavy atom. The van der Waals surface area contributed by atoms with Crippen molar-refractivity contribution in [1.82, 2.24) is 5.32 Å². The Kier molecular flexibility index (Phi) is 4.49. The van der Waals surface area contributed by atoms with Gasteiger partial charge in [-0.05, 0) is 24.1 Å². The summed E-state index contributed by atoms with van der Waals surface area (Å²) in [5.74, 6) is 0.354. The van der Waals surface area contributed by atoms with Gasteiger partial charge in [-0.2, -0.15) is 13.2 Å². The quantitative estimate of drug-likeness (QED) is 0.894. The van der Waals surface area contributed by atoms with Crippen molar-refractivity contribution in [3.05, 3.63) is 28.8 Å². The molecular formula is C14H18ClF3N2. The number of alkyl halides is 3. The van der Waals surface area contributed by atoms with Crippen LogP contribution >= 0.6 is 11.6 Å². The smallest absolute Gasteiger partial charge is 0.366 e. The van der Waals surface area contributed by atoms with Crippen LogP contribution in [0, 0.1) is 5.92 Å². The molecule has 1 fully saturated rings. The van der Waals surface area contributed by atoms with Gasteiger partial charge in [-0.25, -0.2) is 0 Å². The highest BCUT2D eigenvalue weighted by Crippen LogP contribution is 2.37. The first-order valence-electron chi connectivity index (χ1n) is 6.65. The van der Waals surface area contributed by atoms with E-state index in [2.05, 4.69) is 19.2 Å². The molecule has 0 amide bonds. The zero-order chi connectivity index (χ0) is 14.9. The van der Waals surface area contributed by atoms with Crippen molar-refractivity contribution in [2.45, 2.75) is 26.1 Å². The molecule has 2 rings (SSSR count). The highest BCUT2D eigenvalue weighted by molar-refractivity contribution is 6.31. The van der Waals surface area contributed by atoms with Crippen molar-refractivity contribution >= 4 is 17.3 Å². The average Bonchev–Trinajstić information content (AvgIpc) is 2.38. The predicted molar refractivity (Wildman–Crippen MR) is 75.3 cm³/mol. The number of rotatable bonds is 2. The Hall–Kier alpha value is -0.940. The molecule has 2 nitrogen and oxygen atoms in total. The maximum atomic E-state index is 12.9. The molecule has 112 valence electrons. The van der Waals surface area contributed by atoms with E-state index in [1.165, 1.54) is 6.07 Å². The Morgan fingerprint density at radius 2 is 2.05 bits per heavy atom. The molecule has 0 aliphatic carbocycles. The fourth-order valence-corrected chi connectivity index (χ4v) is 2.78. The van der Waals surface area contributed by atoms with Crippen molar-refractivity contribution in [1.29, 1.82) is 0 Å². The van der Waals surface area contributed by atoms with Gasteiger partial charge in [0, 0.05) is 31.4 Å². The zero-order valence-corrected chi connectivity index (χ0v) is 12.2. The molecule has 1 aliphatic heterocycles. The topological polar surface area (TPSA) is 15.3 Å². The number of piperazine rings is 1. The molecule has 1 aromatic carbocycles. The van der Waals surface area contributed by atoms with E-state index >= 15 is 0 Å². The summed E-state index contributed by atoms with van der Waals surface area (Å²) in [6, 6.07) is 4.34. The molecule has 0 spiro atoms. The molecule has 20 heavy (non-hydrogen) atoms. The van der Waals surface area contributed by atoms with Gasteiger partial charge >= 0.3 is 6.18 Å². The van der Waals surface area contributed by atoms with Gasteiger partial charge in [-0.15, -0.1) is 0 Å². The van der Waals surface area contributed by atoms with Crippen LogP contribution in [0.3, 0.4) is 0 Å². The summed E-state index contributed by atoms with van der Waals surface area (Å²) < 4.78 is 38.8. The number of hydrogen-bond acceptors (Lipinski definition) is 2. The second-order valence-corrected chi connectivity index (χ2v) is 5.78. The lowest BCUT2D eigenvalue weighted by Crippen LogP contribution is -2.53. The predicted octanol–water partition coefficient (Wildman–Crippen LogP) is 3.79. The zero-order valence-electron chi connectivity index (χ0n) is 11.5. The second kappa shape index (κ2) is 5.82. The Bertz CT molecular complexity index is 474. The van der Waals surface area contributed by atoms with Crippen LogP contribution in [-0.2, 0) is 6.18 Å². The minimum atomic E-state index is -4.42. The largest absolute Gasteiger partial charge is 0.417 e. The number of halogens is 4. The molecule has 1 heterocycles. The van der Waals surface area contributed by atoms with Gasteiger partial charge in [0.2, 0.25) is 0 Å². The van der Waals surface area contributed by atoms with E-state index in [9.17, 15) is 13.2 Å². The number of nitrogens with zero attached hydrogens (tertiary/aromatic N) is 1. The molecular weight excluding hydrogens is 289 g/mol. The van der Waals surface area contributed by atoms with Gasteiger partial charge in [0.15, 0.2) is 0 Å². The highest BCUT2D eigenvalue weighted by Gasteiger charge is 2.34. The summed E-state index contributed by atoms with van der Waals surface area (Å²) in [5, 5.41) is 3.03. The van der Waals surface area contributed by atoms with Crippen LogP contribution in [0.1, 0.15) is 19.4 Å². The van der Waals surface area contributed by atoms with E-state index in [0.717, 1.165) is 19.2 Å². The molecule has 6 heteroatoms. The van der Waals surface area contributed by atoms with Crippen molar-refractivity contribution in [2.24, 2.45) is 5.92 Å². The van der Waals surface area contributed by atoms with Crippen LogP contribution in [0.5, 0.6) is 0 Å². The maximum absolute atomic E-state index is 12.9. The van der Waals surface area contributed by atoms with Gasteiger partial charge in [0.25, 0.3) is 0 Å². The van der Waals surface area contributed by atoms with Gasteiger partial charge in [-0.3, -0.25) is 0 Å².